The van der Waals surface area contributed by atoms with Gasteiger partial charge in [0, 0.05) is 9.50 Å². The van der Waals surface area contributed by atoms with Crippen LogP contribution in [0.3, 0.4) is 0 Å². The summed E-state index contributed by atoms with van der Waals surface area (Å²) in [7, 11) is 0. The fourth-order valence-corrected chi connectivity index (χ4v) is 1.63. The van der Waals surface area contributed by atoms with Crippen molar-refractivity contribution >= 4 is 39.3 Å². The van der Waals surface area contributed by atoms with E-state index in [0.717, 1.165) is 0 Å². The minimum Gasteiger partial charge on any atom is -0.436 e. The lowest BCUT2D eigenvalue weighted by molar-refractivity contribution is 0.176. The van der Waals surface area contributed by atoms with E-state index in [9.17, 15) is 4.79 Å². The van der Waals surface area contributed by atoms with E-state index in [1.165, 1.54) is 0 Å². The molecule has 0 fully saturated rings. The highest BCUT2D eigenvalue weighted by Crippen LogP contribution is 2.25. The lowest BCUT2D eigenvalue weighted by atomic mass is 10.3. The monoisotopic (exact) mass is 287 g/mol. The van der Waals surface area contributed by atoms with Crippen LogP contribution in [0.15, 0.2) is 22.7 Å². The maximum absolute atomic E-state index is 11.1. The van der Waals surface area contributed by atoms with Crippen molar-refractivity contribution in [2.45, 2.75) is 0 Å². The van der Waals surface area contributed by atoms with E-state index in [1.807, 2.05) is 0 Å². The molecular weight excluding hydrogens is 281 g/mol. The molecule has 1 aromatic carbocycles. The van der Waals surface area contributed by atoms with Crippen molar-refractivity contribution in [3.63, 3.8) is 0 Å². The lowest BCUT2D eigenvalue weighted by Crippen LogP contribution is -2.13. The summed E-state index contributed by atoms with van der Waals surface area (Å²) >= 11 is 8.99. The molecule has 0 atom stereocenters. The maximum atomic E-state index is 11.1. The molecule has 0 aliphatic rings. The van der Waals surface area contributed by atoms with Crippen molar-refractivity contribution in [2.24, 2.45) is 0 Å². The number of nitrogens with one attached hydrogen (secondary N) is 1. The highest BCUT2D eigenvalue weighted by Gasteiger charge is 2.05. The van der Waals surface area contributed by atoms with Crippen molar-refractivity contribution in [1.82, 2.24) is 0 Å². The van der Waals surface area contributed by atoms with E-state index < -0.39 is 6.09 Å². The molecule has 0 heterocycles. The summed E-state index contributed by atoms with van der Waals surface area (Å²) in [6.07, 6.45) is 4.34. The molecule has 0 aliphatic carbocycles. The van der Waals surface area contributed by atoms with Crippen LogP contribution in [-0.2, 0) is 4.74 Å². The van der Waals surface area contributed by atoms with E-state index in [4.69, 9.17) is 18.0 Å². The van der Waals surface area contributed by atoms with Crippen LogP contribution in [0.2, 0.25) is 5.02 Å². The van der Waals surface area contributed by atoms with Gasteiger partial charge in [-0.1, -0.05) is 17.5 Å². The second-order valence-electron chi connectivity index (χ2n) is 2.53. The molecule has 5 heteroatoms. The number of halogens is 2. The number of amides is 1. The van der Waals surface area contributed by atoms with E-state index >= 15 is 0 Å². The van der Waals surface area contributed by atoms with Gasteiger partial charge in [-0.05, 0) is 34.1 Å². The Hall–Kier alpha value is -1.18. The molecule has 0 aliphatic heterocycles. The van der Waals surface area contributed by atoms with Gasteiger partial charge in [-0.3, -0.25) is 5.32 Å². The third kappa shape index (κ3) is 3.82. The number of ether oxygens (including phenoxy) is 1. The SMILES string of the molecule is C#CCOC(=O)Nc1ccc(Cl)cc1Br. The first-order valence-electron chi connectivity index (χ1n) is 3.96. The molecule has 1 rings (SSSR count). The molecule has 0 radical (unpaired) electrons. The zero-order valence-corrected chi connectivity index (χ0v) is 9.93. The quantitative estimate of drug-likeness (QED) is 0.848. The number of anilines is 1. The largest absolute Gasteiger partial charge is 0.436 e. The number of hydrogen-bond donors (Lipinski definition) is 1. The highest BCUT2D eigenvalue weighted by molar-refractivity contribution is 9.10. The Kier molecular flexibility index (Phi) is 4.47. The molecular formula is C10H7BrClNO2. The first-order chi connectivity index (χ1) is 7.13. The van der Waals surface area contributed by atoms with E-state index in [1.54, 1.807) is 18.2 Å². The number of carbonyl (C=O) groups excluding carboxylic acids is 1. The number of benzene rings is 1. The summed E-state index contributed by atoms with van der Waals surface area (Å²) in [4.78, 5) is 11.1. The summed E-state index contributed by atoms with van der Waals surface area (Å²) in [5.41, 5.74) is 0.571. The lowest BCUT2D eigenvalue weighted by Gasteiger charge is -2.06. The third-order valence-electron chi connectivity index (χ3n) is 1.45. The molecule has 0 aromatic heterocycles. The molecule has 0 spiro atoms. The molecule has 0 saturated heterocycles. The minimum atomic E-state index is -0.601. The topological polar surface area (TPSA) is 38.3 Å². The Bertz CT molecular complexity index is 414. The van der Waals surface area contributed by atoms with Gasteiger partial charge in [-0.15, -0.1) is 6.42 Å². The number of carbonyl (C=O) groups is 1. The summed E-state index contributed by atoms with van der Waals surface area (Å²) < 4.78 is 5.31. The van der Waals surface area contributed by atoms with E-state index in [0.29, 0.717) is 15.2 Å². The Labute approximate surface area is 101 Å². The summed E-state index contributed by atoms with van der Waals surface area (Å²) in [6.45, 7) is -0.0585. The number of hydrogen-bond acceptors (Lipinski definition) is 2. The second-order valence-corrected chi connectivity index (χ2v) is 3.82. The van der Waals surface area contributed by atoms with Gasteiger partial charge in [0.2, 0.25) is 0 Å². The Balaban J connectivity index is 2.65. The van der Waals surface area contributed by atoms with Crippen LogP contribution < -0.4 is 5.32 Å². The van der Waals surface area contributed by atoms with Gasteiger partial charge < -0.3 is 4.74 Å². The highest BCUT2D eigenvalue weighted by atomic mass is 79.9. The third-order valence-corrected chi connectivity index (χ3v) is 2.35. The van der Waals surface area contributed by atoms with Crippen LogP contribution in [0.4, 0.5) is 10.5 Å². The summed E-state index contributed by atoms with van der Waals surface area (Å²) in [5.74, 6) is 2.19. The fourth-order valence-electron chi connectivity index (χ4n) is 0.844. The van der Waals surface area contributed by atoms with Crippen molar-refractivity contribution in [3.8, 4) is 12.3 Å². The van der Waals surface area contributed by atoms with Crippen molar-refractivity contribution in [1.29, 1.82) is 0 Å². The molecule has 1 N–H and O–H groups in total. The fraction of sp³-hybridized carbons (Fsp3) is 0.100. The van der Waals surface area contributed by atoms with Gasteiger partial charge in [0.15, 0.2) is 6.61 Å². The van der Waals surface area contributed by atoms with Crippen molar-refractivity contribution < 1.29 is 9.53 Å². The average Bonchev–Trinajstić information content (AvgIpc) is 2.19. The van der Waals surface area contributed by atoms with Gasteiger partial charge in [0.25, 0.3) is 0 Å². The first kappa shape index (κ1) is 11.9. The Morgan fingerprint density at radius 1 is 1.67 bits per heavy atom. The molecule has 15 heavy (non-hydrogen) atoms. The van der Waals surface area contributed by atoms with Crippen LogP contribution in [0.5, 0.6) is 0 Å². The van der Waals surface area contributed by atoms with Gasteiger partial charge >= 0.3 is 6.09 Å². The van der Waals surface area contributed by atoms with Crippen LogP contribution in [0.1, 0.15) is 0 Å². The van der Waals surface area contributed by atoms with Crippen molar-refractivity contribution in [2.75, 3.05) is 11.9 Å². The normalized spacial score (nSPS) is 9.13. The van der Waals surface area contributed by atoms with E-state index in [2.05, 4.69) is 31.9 Å². The maximum Gasteiger partial charge on any atom is 0.412 e. The van der Waals surface area contributed by atoms with Crippen molar-refractivity contribution in [3.05, 3.63) is 27.7 Å². The predicted octanol–water partition coefficient (Wildman–Crippen LogP) is 3.28. The smallest absolute Gasteiger partial charge is 0.412 e. The molecule has 3 nitrogen and oxygen atoms in total. The molecule has 1 amide bonds. The molecule has 0 bridgehead atoms. The predicted molar refractivity (Wildman–Crippen MR) is 63.0 cm³/mol. The first-order valence-corrected chi connectivity index (χ1v) is 5.13. The zero-order chi connectivity index (χ0) is 11.3. The van der Waals surface area contributed by atoms with Gasteiger partial charge in [-0.2, -0.15) is 0 Å². The van der Waals surface area contributed by atoms with Crippen LogP contribution in [0.25, 0.3) is 0 Å². The Morgan fingerprint density at radius 2 is 2.40 bits per heavy atom. The average molecular weight is 289 g/mol. The molecule has 78 valence electrons. The molecule has 0 saturated carbocycles. The van der Waals surface area contributed by atoms with Gasteiger partial charge in [0.05, 0.1) is 5.69 Å². The van der Waals surface area contributed by atoms with Crippen LogP contribution in [-0.4, -0.2) is 12.7 Å². The van der Waals surface area contributed by atoms with E-state index in [-0.39, 0.29) is 6.61 Å². The molecule has 1 aromatic rings. The van der Waals surface area contributed by atoms with Crippen LogP contribution in [0, 0.1) is 12.3 Å². The van der Waals surface area contributed by atoms with Crippen LogP contribution >= 0.6 is 27.5 Å². The number of terminal acetylenes is 1. The second kappa shape index (κ2) is 5.64. The van der Waals surface area contributed by atoms with Gasteiger partial charge in [-0.25, -0.2) is 4.79 Å². The zero-order valence-electron chi connectivity index (χ0n) is 7.59. The van der Waals surface area contributed by atoms with Gasteiger partial charge in [0.1, 0.15) is 0 Å². The molecule has 0 unspecified atom stereocenters. The Morgan fingerprint density at radius 3 is 3.00 bits per heavy atom. The standard InChI is InChI=1S/C10H7BrClNO2/c1-2-5-15-10(14)13-9-4-3-7(12)6-8(9)11/h1,3-4,6H,5H2,(H,13,14). The summed E-state index contributed by atoms with van der Waals surface area (Å²) in [6, 6.07) is 4.98. The minimum absolute atomic E-state index is 0.0585. The number of rotatable bonds is 2. The summed E-state index contributed by atoms with van der Waals surface area (Å²) in [5, 5.41) is 3.08.